The van der Waals surface area contributed by atoms with Gasteiger partial charge in [0.2, 0.25) is 0 Å². The van der Waals surface area contributed by atoms with E-state index in [-0.39, 0.29) is 19.6 Å². The number of hydrogen-bond acceptors (Lipinski definition) is 3. The van der Waals surface area contributed by atoms with Gasteiger partial charge in [-0.2, -0.15) is 0 Å². The predicted octanol–water partition coefficient (Wildman–Crippen LogP) is 1.50. The summed E-state index contributed by atoms with van der Waals surface area (Å²) in [6.45, 7) is -0.149. The van der Waals surface area contributed by atoms with Crippen LogP contribution in [0.1, 0.15) is 16.8 Å². The number of aliphatic hydroxyl groups excluding tert-OH is 1. The van der Waals surface area contributed by atoms with E-state index in [2.05, 4.69) is 4.74 Å². The van der Waals surface area contributed by atoms with E-state index in [1.54, 1.807) is 0 Å². The molecule has 0 aromatic heterocycles. The number of carbonyl (C=O) groups is 1. The van der Waals surface area contributed by atoms with Gasteiger partial charge in [0.15, 0.2) is 0 Å². The van der Waals surface area contributed by atoms with Gasteiger partial charge in [0.25, 0.3) is 0 Å². The lowest BCUT2D eigenvalue weighted by molar-refractivity contribution is 0.0476. The standard InChI is InChI=1S/C10H10F2O3/c11-7-2-3-9(12)8(6-7)10(14)15-5-1-4-13/h2-3,6,13H,1,4-5H2. The van der Waals surface area contributed by atoms with Crippen LogP contribution in [-0.4, -0.2) is 24.3 Å². The fourth-order valence-corrected chi connectivity index (χ4v) is 0.961. The highest BCUT2D eigenvalue weighted by Crippen LogP contribution is 2.10. The van der Waals surface area contributed by atoms with Crippen LogP contribution < -0.4 is 0 Å². The Morgan fingerprint density at radius 1 is 1.40 bits per heavy atom. The third-order valence-corrected chi connectivity index (χ3v) is 1.68. The van der Waals surface area contributed by atoms with Gasteiger partial charge in [-0.05, 0) is 18.2 Å². The second-order valence-electron chi connectivity index (χ2n) is 2.84. The lowest BCUT2D eigenvalue weighted by Gasteiger charge is -2.04. The normalized spacial score (nSPS) is 10.1. The highest BCUT2D eigenvalue weighted by Gasteiger charge is 2.13. The van der Waals surface area contributed by atoms with E-state index in [0.29, 0.717) is 0 Å². The number of ether oxygens (including phenoxy) is 1. The molecule has 1 N–H and O–H groups in total. The van der Waals surface area contributed by atoms with Gasteiger partial charge in [-0.1, -0.05) is 0 Å². The van der Waals surface area contributed by atoms with Crippen LogP contribution in [0.2, 0.25) is 0 Å². The van der Waals surface area contributed by atoms with Crippen LogP contribution in [0.15, 0.2) is 18.2 Å². The second-order valence-corrected chi connectivity index (χ2v) is 2.84. The van der Waals surface area contributed by atoms with Gasteiger partial charge in [-0.3, -0.25) is 0 Å². The second kappa shape index (κ2) is 5.41. The summed E-state index contributed by atoms with van der Waals surface area (Å²) in [7, 11) is 0. The summed E-state index contributed by atoms with van der Waals surface area (Å²) in [5, 5.41) is 8.42. The van der Waals surface area contributed by atoms with Crippen molar-refractivity contribution in [3.05, 3.63) is 35.4 Å². The number of carbonyl (C=O) groups excluding carboxylic acids is 1. The molecule has 0 saturated heterocycles. The molecule has 3 nitrogen and oxygen atoms in total. The van der Waals surface area contributed by atoms with Crippen LogP contribution in [0.4, 0.5) is 8.78 Å². The fraction of sp³-hybridized carbons (Fsp3) is 0.300. The van der Waals surface area contributed by atoms with Crippen LogP contribution in [0.5, 0.6) is 0 Å². The molecule has 15 heavy (non-hydrogen) atoms. The Bertz CT molecular complexity index is 353. The molecule has 1 aromatic rings. The maximum atomic E-state index is 13.0. The third kappa shape index (κ3) is 3.28. The number of hydrogen-bond donors (Lipinski definition) is 1. The molecular formula is C10H10F2O3. The lowest BCUT2D eigenvalue weighted by atomic mass is 10.2. The van der Waals surface area contributed by atoms with Crippen LogP contribution in [0, 0.1) is 11.6 Å². The Balaban J connectivity index is 2.68. The molecule has 0 aliphatic rings. The van der Waals surface area contributed by atoms with Crippen molar-refractivity contribution in [1.29, 1.82) is 0 Å². The molecule has 0 unspecified atom stereocenters. The van der Waals surface area contributed by atoms with Crippen LogP contribution in [0.25, 0.3) is 0 Å². The monoisotopic (exact) mass is 216 g/mol. The molecule has 0 bridgehead atoms. The maximum Gasteiger partial charge on any atom is 0.341 e. The summed E-state index contributed by atoms with van der Waals surface area (Å²) in [4.78, 5) is 11.2. The van der Waals surface area contributed by atoms with Crippen LogP contribution in [0.3, 0.4) is 0 Å². The van der Waals surface area contributed by atoms with Crippen molar-refractivity contribution in [3.63, 3.8) is 0 Å². The molecule has 0 atom stereocenters. The molecule has 5 heteroatoms. The third-order valence-electron chi connectivity index (χ3n) is 1.68. The zero-order valence-corrected chi connectivity index (χ0v) is 7.87. The van der Waals surface area contributed by atoms with Crippen molar-refractivity contribution in [3.8, 4) is 0 Å². The molecule has 1 rings (SSSR count). The minimum atomic E-state index is -0.930. The van der Waals surface area contributed by atoms with E-state index < -0.39 is 23.2 Å². The van der Waals surface area contributed by atoms with Gasteiger partial charge in [0, 0.05) is 13.0 Å². The Hall–Kier alpha value is -1.49. The first-order valence-corrected chi connectivity index (χ1v) is 4.38. The molecule has 0 spiro atoms. The number of esters is 1. The number of benzene rings is 1. The Kier molecular flexibility index (Phi) is 4.17. The van der Waals surface area contributed by atoms with E-state index in [9.17, 15) is 13.6 Å². The van der Waals surface area contributed by atoms with E-state index >= 15 is 0 Å². The zero-order chi connectivity index (χ0) is 11.3. The summed E-state index contributed by atoms with van der Waals surface area (Å²) < 4.78 is 30.3. The molecular weight excluding hydrogens is 206 g/mol. The minimum absolute atomic E-state index is 0.0225. The molecule has 0 saturated carbocycles. The average molecular weight is 216 g/mol. The molecule has 0 radical (unpaired) electrons. The van der Waals surface area contributed by atoms with Gasteiger partial charge < -0.3 is 9.84 Å². The van der Waals surface area contributed by atoms with Crippen molar-refractivity contribution < 1.29 is 23.4 Å². The first kappa shape index (κ1) is 11.6. The van der Waals surface area contributed by atoms with Crippen molar-refractivity contribution in [2.75, 3.05) is 13.2 Å². The van der Waals surface area contributed by atoms with E-state index in [1.807, 2.05) is 0 Å². The van der Waals surface area contributed by atoms with Gasteiger partial charge in [-0.25, -0.2) is 13.6 Å². The van der Waals surface area contributed by atoms with Crippen LogP contribution in [-0.2, 0) is 4.74 Å². The fourth-order valence-electron chi connectivity index (χ4n) is 0.961. The molecule has 1 aromatic carbocycles. The number of aliphatic hydroxyl groups is 1. The highest BCUT2D eigenvalue weighted by atomic mass is 19.1. The summed E-state index contributed by atoms with van der Waals surface area (Å²) in [6.07, 6.45) is 0.267. The molecule has 0 aliphatic heterocycles. The molecule has 0 aliphatic carbocycles. The molecule has 82 valence electrons. The Morgan fingerprint density at radius 2 is 2.13 bits per heavy atom. The van der Waals surface area contributed by atoms with E-state index in [4.69, 9.17) is 5.11 Å². The summed E-state index contributed by atoms with van der Waals surface area (Å²) in [5.41, 5.74) is -0.437. The van der Waals surface area contributed by atoms with E-state index in [0.717, 1.165) is 18.2 Å². The van der Waals surface area contributed by atoms with Gasteiger partial charge in [0.1, 0.15) is 11.6 Å². The largest absolute Gasteiger partial charge is 0.462 e. The quantitative estimate of drug-likeness (QED) is 0.612. The van der Waals surface area contributed by atoms with Crippen LogP contribution >= 0.6 is 0 Å². The van der Waals surface area contributed by atoms with E-state index in [1.165, 1.54) is 0 Å². The highest BCUT2D eigenvalue weighted by molar-refractivity contribution is 5.89. The maximum absolute atomic E-state index is 13.0. The number of rotatable bonds is 4. The summed E-state index contributed by atoms with van der Waals surface area (Å²) in [6, 6.07) is 2.55. The molecule has 0 amide bonds. The van der Waals surface area contributed by atoms with Gasteiger partial charge >= 0.3 is 5.97 Å². The van der Waals surface area contributed by atoms with Gasteiger partial charge in [0.05, 0.1) is 12.2 Å². The SMILES string of the molecule is O=C(OCCCO)c1cc(F)ccc1F. The Morgan fingerprint density at radius 3 is 2.80 bits per heavy atom. The lowest BCUT2D eigenvalue weighted by Crippen LogP contribution is -2.09. The predicted molar refractivity (Wildman–Crippen MR) is 48.3 cm³/mol. The average Bonchev–Trinajstić information content (AvgIpc) is 2.22. The van der Waals surface area contributed by atoms with Crippen molar-refractivity contribution in [2.45, 2.75) is 6.42 Å². The zero-order valence-electron chi connectivity index (χ0n) is 7.87. The topological polar surface area (TPSA) is 46.5 Å². The Labute approximate surface area is 85.3 Å². The first-order valence-electron chi connectivity index (χ1n) is 4.38. The van der Waals surface area contributed by atoms with Crippen molar-refractivity contribution in [2.24, 2.45) is 0 Å². The summed E-state index contributed by atoms with van der Waals surface area (Å²) in [5.74, 6) is -2.46. The number of halogens is 2. The van der Waals surface area contributed by atoms with Crippen molar-refractivity contribution in [1.82, 2.24) is 0 Å². The molecule has 0 fully saturated rings. The van der Waals surface area contributed by atoms with Crippen molar-refractivity contribution >= 4 is 5.97 Å². The minimum Gasteiger partial charge on any atom is -0.462 e. The smallest absolute Gasteiger partial charge is 0.341 e. The van der Waals surface area contributed by atoms with Gasteiger partial charge in [-0.15, -0.1) is 0 Å². The molecule has 0 heterocycles. The summed E-state index contributed by atoms with van der Waals surface area (Å²) >= 11 is 0. The first-order chi connectivity index (χ1) is 7.15.